The Labute approximate surface area is 153 Å². The van der Waals surface area contributed by atoms with Gasteiger partial charge >= 0.3 is 0 Å². The molecular weight excluding hydrogens is 359 g/mol. The van der Waals surface area contributed by atoms with E-state index in [1.54, 1.807) is 36.7 Å². The summed E-state index contributed by atoms with van der Waals surface area (Å²) in [6.45, 7) is 2.51. The van der Waals surface area contributed by atoms with Crippen LogP contribution in [0.4, 0.5) is 10.1 Å². The average molecular weight is 376 g/mol. The zero-order valence-corrected chi connectivity index (χ0v) is 15.2. The maximum absolute atomic E-state index is 13.6. The summed E-state index contributed by atoms with van der Waals surface area (Å²) in [7, 11) is 0. The monoisotopic (exact) mass is 376 g/mol. The Hall–Kier alpha value is -2.19. The lowest BCUT2D eigenvalue weighted by atomic mass is 10.3. The Balaban J connectivity index is 1.59. The van der Waals surface area contributed by atoms with Gasteiger partial charge in [0.05, 0.1) is 10.9 Å². The predicted octanol–water partition coefficient (Wildman–Crippen LogP) is 3.84. The maximum atomic E-state index is 13.6. The Bertz CT molecular complexity index is 835. The number of para-hydroxylation sites is 1. The van der Waals surface area contributed by atoms with Crippen molar-refractivity contribution in [2.45, 2.75) is 30.3 Å². The van der Waals surface area contributed by atoms with E-state index in [4.69, 9.17) is 0 Å². The first-order chi connectivity index (χ1) is 12.1. The van der Waals surface area contributed by atoms with Gasteiger partial charge in [0.1, 0.15) is 12.1 Å². The van der Waals surface area contributed by atoms with Gasteiger partial charge in [-0.25, -0.2) is 4.39 Å². The molecule has 25 heavy (non-hydrogen) atoms. The van der Waals surface area contributed by atoms with Gasteiger partial charge in [-0.3, -0.25) is 4.79 Å². The van der Waals surface area contributed by atoms with Gasteiger partial charge in [0.2, 0.25) is 5.91 Å². The Morgan fingerprint density at radius 3 is 2.96 bits per heavy atom. The number of benzene rings is 1. The lowest BCUT2D eigenvalue weighted by Crippen LogP contribution is -2.23. The number of nitrogens with zero attached hydrogens (tertiary/aromatic N) is 3. The minimum absolute atomic E-state index is 0.180. The summed E-state index contributed by atoms with van der Waals surface area (Å²) in [5.41, 5.74) is 0.180. The first-order valence-corrected chi connectivity index (χ1v) is 9.51. The van der Waals surface area contributed by atoms with E-state index in [1.165, 1.54) is 28.8 Å². The molecule has 0 radical (unpaired) electrons. The molecule has 0 aliphatic carbocycles. The second kappa shape index (κ2) is 8.26. The molecule has 3 aromatic rings. The van der Waals surface area contributed by atoms with Crippen LogP contribution in [0.5, 0.6) is 0 Å². The van der Waals surface area contributed by atoms with Crippen LogP contribution in [-0.2, 0) is 17.8 Å². The van der Waals surface area contributed by atoms with E-state index in [-0.39, 0.29) is 11.6 Å². The van der Waals surface area contributed by atoms with Gasteiger partial charge in [-0.1, -0.05) is 30.0 Å². The van der Waals surface area contributed by atoms with Crippen molar-refractivity contribution in [3.05, 3.63) is 58.8 Å². The number of carbonyl (C=O) groups excluding carboxylic acids is 1. The molecule has 0 saturated carbocycles. The molecule has 2 heterocycles. The van der Waals surface area contributed by atoms with Crippen LogP contribution >= 0.6 is 23.1 Å². The molecule has 0 fully saturated rings. The molecule has 2 aromatic heterocycles. The summed E-state index contributed by atoms with van der Waals surface area (Å²) in [6, 6.07) is 10.2. The summed E-state index contributed by atoms with van der Waals surface area (Å²) < 4.78 is 15.6. The smallest absolute Gasteiger partial charge is 0.237 e. The number of aromatic nitrogens is 3. The normalized spacial score (nSPS) is 12.1. The molecule has 130 valence electrons. The number of anilines is 1. The topological polar surface area (TPSA) is 59.8 Å². The number of halogens is 1. The molecule has 1 N–H and O–H groups in total. The molecule has 8 heteroatoms. The molecule has 0 saturated heterocycles. The molecule has 5 nitrogen and oxygen atoms in total. The molecule has 1 aromatic carbocycles. The molecule has 0 bridgehead atoms. The zero-order chi connectivity index (χ0) is 17.6. The van der Waals surface area contributed by atoms with E-state index in [0.717, 1.165) is 13.0 Å². The molecule has 1 unspecified atom stereocenters. The summed E-state index contributed by atoms with van der Waals surface area (Å²) in [4.78, 5) is 13.6. The van der Waals surface area contributed by atoms with Crippen LogP contribution in [0.2, 0.25) is 0 Å². The maximum Gasteiger partial charge on any atom is 0.237 e. The molecule has 1 atom stereocenters. The number of thiophene rings is 1. The Kier molecular flexibility index (Phi) is 5.83. The second-order valence-corrected chi connectivity index (χ2v) is 7.71. The average Bonchev–Trinajstić information content (AvgIpc) is 3.26. The van der Waals surface area contributed by atoms with Crippen LogP contribution in [0.25, 0.3) is 0 Å². The van der Waals surface area contributed by atoms with Gasteiger partial charge in [-0.2, -0.15) is 0 Å². The molecule has 0 aliphatic rings. The number of rotatable bonds is 7. The van der Waals surface area contributed by atoms with Crippen molar-refractivity contribution in [1.29, 1.82) is 0 Å². The molecule has 0 aliphatic heterocycles. The Morgan fingerprint density at radius 2 is 2.20 bits per heavy atom. The van der Waals surface area contributed by atoms with E-state index < -0.39 is 11.1 Å². The van der Waals surface area contributed by atoms with Gasteiger partial charge in [-0.05, 0) is 36.9 Å². The van der Waals surface area contributed by atoms with E-state index in [1.807, 2.05) is 16.0 Å². The number of hydrogen-bond donors (Lipinski definition) is 1. The fraction of sp³-hybridized carbons (Fsp3) is 0.235. The number of amides is 1. The van der Waals surface area contributed by atoms with Crippen LogP contribution < -0.4 is 5.32 Å². The van der Waals surface area contributed by atoms with Crippen LogP contribution in [0, 0.1) is 5.82 Å². The Morgan fingerprint density at radius 1 is 1.36 bits per heavy atom. The predicted molar refractivity (Wildman–Crippen MR) is 98.4 cm³/mol. The highest BCUT2D eigenvalue weighted by molar-refractivity contribution is 8.00. The van der Waals surface area contributed by atoms with Gasteiger partial charge < -0.3 is 9.88 Å². The first kappa shape index (κ1) is 17.6. The van der Waals surface area contributed by atoms with Gasteiger partial charge in [0, 0.05) is 11.4 Å². The molecular formula is C17H17FN4OS2. The van der Waals surface area contributed by atoms with Gasteiger partial charge in [0.25, 0.3) is 0 Å². The third-order valence-corrected chi connectivity index (χ3v) is 5.57. The van der Waals surface area contributed by atoms with Gasteiger partial charge in [-0.15, -0.1) is 21.5 Å². The largest absolute Gasteiger partial charge is 0.323 e. The van der Waals surface area contributed by atoms with Crippen LogP contribution in [0.1, 0.15) is 11.8 Å². The van der Waals surface area contributed by atoms with Crippen molar-refractivity contribution >= 4 is 34.7 Å². The summed E-state index contributed by atoms with van der Waals surface area (Å²) in [6.07, 6.45) is 2.55. The van der Waals surface area contributed by atoms with Crippen molar-refractivity contribution in [3.63, 3.8) is 0 Å². The highest BCUT2D eigenvalue weighted by Gasteiger charge is 2.19. The van der Waals surface area contributed by atoms with E-state index >= 15 is 0 Å². The van der Waals surface area contributed by atoms with Crippen molar-refractivity contribution in [3.8, 4) is 0 Å². The van der Waals surface area contributed by atoms with E-state index in [9.17, 15) is 9.18 Å². The molecule has 0 spiro atoms. The highest BCUT2D eigenvalue weighted by atomic mass is 32.2. The van der Waals surface area contributed by atoms with Crippen molar-refractivity contribution in [2.24, 2.45) is 0 Å². The van der Waals surface area contributed by atoms with Crippen LogP contribution in [0.3, 0.4) is 0 Å². The van der Waals surface area contributed by atoms with Crippen molar-refractivity contribution in [2.75, 3.05) is 5.32 Å². The lowest BCUT2D eigenvalue weighted by Gasteiger charge is -2.12. The number of nitrogens with one attached hydrogen (secondary N) is 1. The van der Waals surface area contributed by atoms with Crippen molar-refractivity contribution < 1.29 is 9.18 Å². The zero-order valence-electron chi connectivity index (χ0n) is 13.6. The van der Waals surface area contributed by atoms with E-state index in [0.29, 0.717) is 5.16 Å². The first-order valence-electron chi connectivity index (χ1n) is 7.75. The van der Waals surface area contributed by atoms with E-state index in [2.05, 4.69) is 21.6 Å². The second-order valence-electron chi connectivity index (χ2n) is 5.37. The molecule has 3 rings (SSSR count). The minimum atomic E-state index is -0.452. The summed E-state index contributed by atoms with van der Waals surface area (Å²) in [5.74, 6) is -0.727. The minimum Gasteiger partial charge on any atom is -0.323 e. The van der Waals surface area contributed by atoms with Crippen molar-refractivity contribution in [1.82, 2.24) is 14.8 Å². The fourth-order valence-corrected chi connectivity index (χ4v) is 3.73. The third-order valence-electron chi connectivity index (χ3n) is 3.54. The van der Waals surface area contributed by atoms with Crippen LogP contribution in [0.15, 0.2) is 53.3 Å². The summed E-state index contributed by atoms with van der Waals surface area (Å²) >= 11 is 3.02. The quantitative estimate of drug-likeness (QED) is 0.637. The number of aryl methyl sites for hydroxylation is 2. The molecule has 1 amide bonds. The fourth-order valence-electron chi connectivity index (χ4n) is 2.18. The van der Waals surface area contributed by atoms with Gasteiger partial charge in [0.15, 0.2) is 5.16 Å². The third kappa shape index (κ3) is 4.67. The highest BCUT2D eigenvalue weighted by Crippen LogP contribution is 2.23. The lowest BCUT2D eigenvalue weighted by molar-refractivity contribution is -0.115. The number of carbonyl (C=O) groups is 1. The summed E-state index contributed by atoms with van der Waals surface area (Å²) in [5, 5.41) is 12.9. The SMILES string of the molecule is CC(Sc1nncn1CCc1cccs1)C(=O)Nc1ccccc1F. The standard InChI is InChI=1S/C17H17FN4OS2/c1-12(16(23)20-15-7-3-2-6-14(15)18)25-17-21-19-11-22(17)9-8-13-5-4-10-24-13/h2-7,10-12H,8-9H2,1H3,(H,20,23). The number of hydrogen-bond acceptors (Lipinski definition) is 5. The number of thioether (sulfide) groups is 1. The van der Waals surface area contributed by atoms with Crippen LogP contribution in [-0.4, -0.2) is 25.9 Å².